The predicted molar refractivity (Wildman–Crippen MR) is 70.6 cm³/mol. The number of hydrogen-bond donors (Lipinski definition) is 2. The van der Waals surface area contributed by atoms with Crippen molar-refractivity contribution >= 4 is 5.91 Å². The van der Waals surface area contributed by atoms with E-state index in [2.05, 4.69) is 24.1 Å². The zero-order valence-corrected chi connectivity index (χ0v) is 11.0. The molecule has 98 valence electrons. The molecule has 1 fully saturated rings. The van der Waals surface area contributed by atoms with Crippen LogP contribution in [0.4, 0.5) is 0 Å². The summed E-state index contributed by atoms with van der Waals surface area (Å²) in [5.41, 5.74) is 0.485. The first-order valence-electron chi connectivity index (χ1n) is 6.46. The number of aromatic nitrogens is 1. The van der Waals surface area contributed by atoms with E-state index in [4.69, 9.17) is 0 Å². The third kappa shape index (κ3) is 3.22. The minimum atomic E-state index is -0.244. The Bertz CT molecular complexity index is 491. The number of hydrogen-bond acceptors (Lipinski definition) is 2. The zero-order valence-electron chi connectivity index (χ0n) is 11.0. The van der Waals surface area contributed by atoms with E-state index in [1.54, 1.807) is 6.07 Å². The van der Waals surface area contributed by atoms with Crippen molar-refractivity contribution in [3.8, 4) is 0 Å². The van der Waals surface area contributed by atoms with Gasteiger partial charge in [-0.05, 0) is 30.7 Å². The lowest BCUT2D eigenvalue weighted by atomic mass is 9.75. The average Bonchev–Trinajstić information content (AvgIpc) is 2.27. The van der Waals surface area contributed by atoms with Crippen LogP contribution in [-0.4, -0.2) is 16.9 Å². The van der Waals surface area contributed by atoms with Crippen molar-refractivity contribution in [3.63, 3.8) is 0 Å². The molecule has 1 aromatic heterocycles. The van der Waals surface area contributed by atoms with Gasteiger partial charge in [0.05, 0.1) is 0 Å². The first-order valence-corrected chi connectivity index (χ1v) is 6.46. The summed E-state index contributed by atoms with van der Waals surface area (Å²) in [6.07, 6.45) is 5.89. The maximum atomic E-state index is 12.0. The fourth-order valence-electron chi connectivity index (χ4n) is 2.68. The Balaban J connectivity index is 2.01. The van der Waals surface area contributed by atoms with Gasteiger partial charge in [-0.25, -0.2) is 0 Å². The highest BCUT2D eigenvalue weighted by molar-refractivity contribution is 5.94. The van der Waals surface area contributed by atoms with Crippen molar-refractivity contribution in [1.82, 2.24) is 10.3 Å². The number of carbonyl (C=O) groups excluding carboxylic acids is 1. The van der Waals surface area contributed by atoms with Gasteiger partial charge >= 0.3 is 0 Å². The molecule has 0 aliphatic heterocycles. The van der Waals surface area contributed by atoms with Crippen molar-refractivity contribution in [1.29, 1.82) is 0 Å². The normalized spacial score (nSPS) is 22.4. The molecule has 0 aromatic carbocycles. The molecule has 1 aliphatic carbocycles. The first kappa shape index (κ1) is 12.9. The number of H-pyrrole nitrogens is 1. The fourth-order valence-corrected chi connectivity index (χ4v) is 2.68. The Kier molecular flexibility index (Phi) is 3.55. The van der Waals surface area contributed by atoms with Gasteiger partial charge in [-0.15, -0.1) is 0 Å². The maximum absolute atomic E-state index is 12.0. The lowest BCUT2D eigenvalue weighted by molar-refractivity contribution is 0.0902. The molecule has 0 radical (unpaired) electrons. The van der Waals surface area contributed by atoms with Gasteiger partial charge in [0, 0.05) is 23.9 Å². The molecule has 1 unspecified atom stereocenters. The van der Waals surface area contributed by atoms with Crippen molar-refractivity contribution in [2.75, 3.05) is 0 Å². The molecule has 0 bridgehead atoms. The van der Waals surface area contributed by atoms with Crippen LogP contribution in [0.15, 0.2) is 23.1 Å². The van der Waals surface area contributed by atoms with E-state index in [1.807, 2.05) is 0 Å². The maximum Gasteiger partial charge on any atom is 0.251 e. The van der Waals surface area contributed by atoms with E-state index in [9.17, 15) is 9.59 Å². The van der Waals surface area contributed by atoms with Crippen molar-refractivity contribution in [2.45, 2.75) is 45.6 Å². The van der Waals surface area contributed by atoms with Crippen LogP contribution in [0.1, 0.15) is 49.9 Å². The van der Waals surface area contributed by atoms with E-state index in [-0.39, 0.29) is 17.5 Å². The summed E-state index contributed by atoms with van der Waals surface area (Å²) in [5.74, 6) is -0.149. The summed E-state index contributed by atoms with van der Waals surface area (Å²) in [7, 11) is 0. The van der Waals surface area contributed by atoms with Crippen LogP contribution in [0.25, 0.3) is 0 Å². The Morgan fingerprint density at radius 1 is 1.50 bits per heavy atom. The molecular weight excluding hydrogens is 228 g/mol. The van der Waals surface area contributed by atoms with Crippen molar-refractivity contribution in [2.24, 2.45) is 5.41 Å². The highest BCUT2D eigenvalue weighted by Gasteiger charge is 2.28. The van der Waals surface area contributed by atoms with E-state index in [0.717, 1.165) is 19.3 Å². The second-order valence-corrected chi connectivity index (χ2v) is 5.87. The Morgan fingerprint density at radius 3 is 2.94 bits per heavy atom. The number of nitrogens with one attached hydrogen (secondary N) is 2. The summed E-state index contributed by atoms with van der Waals surface area (Å²) in [4.78, 5) is 25.7. The lowest BCUT2D eigenvalue weighted by Crippen LogP contribution is -2.40. The molecule has 1 aliphatic rings. The average molecular weight is 248 g/mol. The Hall–Kier alpha value is -1.58. The highest BCUT2D eigenvalue weighted by atomic mass is 16.2. The van der Waals surface area contributed by atoms with Crippen LogP contribution in [0.3, 0.4) is 0 Å². The molecule has 0 saturated heterocycles. The van der Waals surface area contributed by atoms with Gasteiger partial charge in [0.25, 0.3) is 5.91 Å². The second-order valence-electron chi connectivity index (χ2n) is 5.87. The van der Waals surface area contributed by atoms with E-state index in [1.165, 1.54) is 18.7 Å². The minimum absolute atomic E-state index is 0.149. The van der Waals surface area contributed by atoms with Gasteiger partial charge in [-0.3, -0.25) is 9.59 Å². The topological polar surface area (TPSA) is 62.0 Å². The smallest absolute Gasteiger partial charge is 0.251 e. The number of pyridine rings is 1. The van der Waals surface area contributed by atoms with Gasteiger partial charge in [0.2, 0.25) is 5.56 Å². The van der Waals surface area contributed by atoms with E-state index in [0.29, 0.717) is 11.0 Å². The summed E-state index contributed by atoms with van der Waals surface area (Å²) in [5, 5.41) is 3.03. The lowest BCUT2D eigenvalue weighted by Gasteiger charge is -2.35. The Labute approximate surface area is 107 Å². The summed E-state index contributed by atoms with van der Waals surface area (Å²) in [6.45, 7) is 4.47. The van der Waals surface area contributed by atoms with Crippen LogP contribution in [-0.2, 0) is 0 Å². The quantitative estimate of drug-likeness (QED) is 0.841. The number of carbonyl (C=O) groups is 1. The van der Waals surface area contributed by atoms with Crippen LogP contribution >= 0.6 is 0 Å². The molecular formula is C14H20N2O2. The van der Waals surface area contributed by atoms with Gasteiger partial charge in [0.1, 0.15) is 0 Å². The number of rotatable bonds is 2. The third-order valence-corrected chi connectivity index (χ3v) is 3.58. The van der Waals surface area contributed by atoms with Gasteiger partial charge in [0.15, 0.2) is 0 Å². The highest BCUT2D eigenvalue weighted by Crippen LogP contribution is 2.35. The first-order chi connectivity index (χ1) is 8.46. The molecule has 1 amide bonds. The SMILES string of the molecule is CC1(C)CCCC(NC(=O)c2cc[nH]c(=O)c2)C1. The number of amides is 1. The predicted octanol–water partition coefficient (Wildman–Crippen LogP) is 2.07. The van der Waals surface area contributed by atoms with Crippen LogP contribution in [0.2, 0.25) is 0 Å². The van der Waals surface area contributed by atoms with Gasteiger partial charge in [-0.2, -0.15) is 0 Å². The van der Waals surface area contributed by atoms with Crippen LogP contribution in [0.5, 0.6) is 0 Å². The fraction of sp³-hybridized carbons (Fsp3) is 0.571. The largest absolute Gasteiger partial charge is 0.349 e. The van der Waals surface area contributed by atoms with Crippen molar-refractivity contribution < 1.29 is 4.79 Å². The molecule has 4 nitrogen and oxygen atoms in total. The Morgan fingerprint density at radius 2 is 2.28 bits per heavy atom. The molecule has 1 atom stereocenters. The third-order valence-electron chi connectivity index (χ3n) is 3.58. The molecule has 2 N–H and O–H groups in total. The van der Waals surface area contributed by atoms with Crippen molar-refractivity contribution in [3.05, 3.63) is 34.2 Å². The molecule has 18 heavy (non-hydrogen) atoms. The summed E-state index contributed by atoms with van der Waals surface area (Å²) in [6, 6.07) is 3.19. The zero-order chi connectivity index (χ0) is 13.2. The van der Waals surface area contributed by atoms with E-state index >= 15 is 0 Å². The molecule has 1 aromatic rings. The molecule has 1 heterocycles. The summed E-state index contributed by atoms with van der Waals surface area (Å²) >= 11 is 0. The second kappa shape index (κ2) is 4.96. The monoisotopic (exact) mass is 248 g/mol. The minimum Gasteiger partial charge on any atom is -0.349 e. The molecule has 2 rings (SSSR count). The van der Waals surface area contributed by atoms with E-state index < -0.39 is 0 Å². The molecule has 0 spiro atoms. The standard InChI is InChI=1S/C14H20N2O2/c1-14(2)6-3-4-11(9-14)16-13(18)10-5-7-15-12(17)8-10/h5,7-8,11H,3-4,6,9H2,1-2H3,(H,15,17)(H,16,18). The van der Waals surface area contributed by atoms with Gasteiger partial charge in [-0.1, -0.05) is 20.3 Å². The van der Waals surface area contributed by atoms with Gasteiger partial charge < -0.3 is 10.3 Å². The number of aromatic amines is 1. The summed E-state index contributed by atoms with van der Waals surface area (Å²) < 4.78 is 0. The molecule has 1 saturated carbocycles. The van der Waals surface area contributed by atoms with Crippen LogP contribution in [0, 0.1) is 5.41 Å². The molecule has 4 heteroatoms. The van der Waals surface area contributed by atoms with Crippen LogP contribution < -0.4 is 10.9 Å².